The van der Waals surface area contributed by atoms with Crippen molar-refractivity contribution in [2.75, 3.05) is 6.54 Å². The van der Waals surface area contributed by atoms with Crippen LogP contribution in [0.5, 0.6) is 0 Å². The second-order valence-electron chi connectivity index (χ2n) is 3.55. The summed E-state index contributed by atoms with van der Waals surface area (Å²) in [5.41, 5.74) is 0. The van der Waals surface area contributed by atoms with E-state index >= 15 is 0 Å². The number of carbonyl (C=O) groups is 2. The molecule has 1 saturated carbocycles. The topological polar surface area (TPSA) is 49.4 Å². The Morgan fingerprint density at radius 3 is 3.00 bits per heavy atom. The lowest BCUT2D eigenvalue weighted by Crippen LogP contribution is -2.32. The number of nitrogens with one attached hydrogen (secondary N) is 1. The van der Waals surface area contributed by atoms with Gasteiger partial charge in [0.05, 0.1) is 0 Å². The summed E-state index contributed by atoms with van der Waals surface area (Å²) in [6.07, 6.45) is 1.14. The van der Waals surface area contributed by atoms with Crippen molar-refractivity contribution in [2.24, 2.45) is 11.8 Å². The SMILES string of the molecule is O=C1NC(=O)N2C[C@H]3C[C@H]3C12. The lowest BCUT2D eigenvalue weighted by atomic mass is 10.2. The van der Waals surface area contributed by atoms with Crippen LogP contribution in [0, 0.1) is 11.8 Å². The van der Waals surface area contributed by atoms with Crippen molar-refractivity contribution in [3.8, 4) is 0 Å². The van der Waals surface area contributed by atoms with Crippen LogP contribution < -0.4 is 5.32 Å². The first kappa shape index (κ1) is 5.57. The van der Waals surface area contributed by atoms with Crippen LogP contribution in [0.15, 0.2) is 0 Å². The molecule has 11 heavy (non-hydrogen) atoms. The zero-order valence-corrected chi connectivity index (χ0v) is 5.91. The number of rotatable bonds is 0. The van der Waals surface area contributed by atoms with Gasteiger partial charge in [-0.05, 0) is 18.3 Å². The fourth-order valence-corrected chi connectivity index (χ4v) is 2.26. The summed E-state index contributed by atoms with van der Waals surface area (Å²) < 4.78 is 0. The van der Waals surface area contributed by atoms with E-state index in [0.717, 1.165) is 13.0 Å². The molecule has 4 nitrogen and oxygen atoms in total. The van der Waals surface area contributed by atoms with E-state index < -0.39 is 0 Å². The van der Waals surface area contributed by atoms with Gasteiger partial charge in [-0.25, -0.2) is 4.79 Å². The highest BCUT2D eigenvalue weighted by Crippen LogP contribution is 2.50. The molecule has 1 unspecified atom stereocenters. The normalized spacial score (nSPS) is 45.5. The van der Waals surface area contributed by atoms with E-state index in [0.29, 0.717) is 11.8 Å². The Balaban J connectivity index is 2.00. The first-order valence-electron chi connectivity index (χ1n) is 3.89. The molecular weight excluding hydrogens is 144 g/mol. The molecule has 1 N–H and O–H groups in total. The van der Waals surface area contributed by atoms with Crippen LogP contribution in [0.1, 0.15) is 6.42 Å². The third kappa shape index (κ3) is 0.514. The molecule has 0 radical (unpaired) electrons. The average molecular weight is 152 g/mol. The van der Waals surface area contributed by atoms with E-state index in [1.807, 2.05) is 0 Å². The number of hydrogen-bond donors (Lipinski definition) is 1. The van der Waals surface area contributed by atoms with E-state index in [1.54, 1.807) is 4.90 Å². The summed E-state index contributed by atoms with van der Waals surface area (Å²) in [4.78, 5) is 23.8. The van der Waals surface area contributed by atoms with E-state index in [2.05, 4.69) is 5.32 Å². The second-order valence-corrected chi connectivity index (χ2v) is 3.55. The van der Waals surface area contributed by atoms with Crippen LogP contribution in [-0.2, 0) is 4.79 Å². The zero-order chi connectivity index (χ0) is 7.59. The predicted molar refractivity (Wildman–Crippen MR) is 35.6 cm³/mol. The van der Waals surface area contributed by atoms with Gasteiger partial charge in [0.2, 0.25) is 0 Å². The molecule has 0 bridgehead atoms. The standard InChI is InChI=1S/C7H8N2O2/c10-6-5-4-1-3(4)2-9(5)7(11)8-6/h3-5H,1-2H2,(H,8,10,11)/t3-,4-,5?/m1/s1. The molecular formula is C7H8N2O2. The zero-order valence-electron chi connectivity index (χ0n) is 5.91. The fourth-order valence-electron chi connectivity index (χ4n) is 2.26. The van der Waals surface area contributed by atoms with Gasteiger partial charge in [0.1, 0.15) is 6.04 Å². The minimum atomic E-state index is -0.188. The lowest BCUT2D eigenvalue weighted by molar-refractivity contribution is -0.121. The van der Waals surface area contributed by atoms with Gasteiger partial charge in [-0.3, -0.25) is 10.1 Å². The number of imide groups is 1. The highest BCUT2D eigenvalue weighted by atomic mass is 16.2. The Bertz CT molecular complexity index is 263. The minimum Gasteiger partial charge on any atom is -0.312 e. The summed E-state index contributed by atoms with van der Waals surface area (Å²) in [7, 11) is 0. The Morgan fingerprint density at radius 2 is 2.27 bits per heavy atom. The molecule has 4 heteroatoms. The van der Waals surface area contributed by atoms with Crippen molar-refractivity contribution in [1.29, 1.82) is 0 Å². The first-order chi connectivity index (χ1) is 5.27. The van der Waals surface area contributed by atoms with Gasteiger partial charge in [0.15, 0.2) is 0 Å². The van der Waals surface area contributed by atoms with Gasteiger partial charge in [-0.1, -0.05) is 0 Å². The maximum Gasteiger partial charge on any atom is 0.324 e. The monoisotopic (exact) mass is 152 g/mol. The number of fused-ring (bicyclic) bond motifs is 3. The average Bonchev–Trinajstić information content (AvgIpc) is 2.51. The minimum absolute atomic E-state index is 0.0833. The summed E-state index contributed by atoms with van der Waals surface area (Å²) in [6, 6.07) is -0.292. The van der Waals surface area contributed by atoms with Crippen LogP contribution in [-0.4, -0.2) is 29.4 Å². The molecule has 58 valence electrons. The molecule has 1 aliphatic carbocycles. The highest BCUT2D eigenvalue weighted by Gasteiger charge is 2.60. The third-order valence-corrected chi connectivity index (χ3v) is 2.91. The van der Waals surface area contributed by atoms with Gasteiger partial charge in [0.25, 0.3) is 5.91 Å². The number of carbonyl (C=O) groups excluding carboxylic acids is 2. The van der Waals surface area contributed by atoms with Crippen LogP contribution in [0.25, 0.3) is 0 Å². The van der Waals surface area contributed by atoms with E-state index in [4.69, 9.17) is 0 Å². The van der Waals surface area contributed by atoms with E-state index in [1.165, 1.54) is 0 Å². The van der Waals surface area contributed by atoms with Gasteiger partial charge in [-0.15, -0.1) is 0 Å². The fraction of sp³-hybridized carbons (Fsp3) is 0.714. The van der Waals surface area contributed by atoms with Gasteiger partial charge < -0.3 is 4.90 Å². The van der Waals surface area contributed by atoms with Crippen molar-refractivity contribution < 1.29 is 9.59 Å². The molecule has 0 aromatic carbocycles. The number of hydrogen-bond acceptors (Lipinski definition) is 2. The van der Waals surface area contributed by atoms with Crippen LogP contribution >= 0.6 is 0 Å². The van der Waals surface area contributed by atoms with Crippen molar-refractivity contribution in [3.63, 3.8) is 0 Å². The first-order valence-corrected chi connectivity index (χ1v) is 3.89. The predicted octanol–water partition coefficient (Wildman–Crippen LogP) is -0.444. The lowest BCUT2D eigenvalue weighted by Gasteiger charge is -2.13. The van der Waals surface area contributed by atoms with Gasteiger partial charge in [0, 0.05) is 6.54 Å². The Kier molecular flexibility index (Phi) is 0.718. The van der Waals surface area contributed by atoms with Gasteiger partial charge in [-0.2, -0.15) is 0 Å². The molecule has 0 aromatic rings. The van der Waals surface area contributed by atoms with Crippen molar-refractivity contribution >= 4 is 11.9 Å². The number of amides is 3. The summed E-state index contributed by atoms with van der Waals surface area (Å²) in [5.74, 6) is 1.04. The van der Waals surface area contributed by atoms with Gasteiger partial charge >= 0.3 is 6.03 Å². The second kappa shape index (κ2) is 1.42. The number of urea groups is 1. The molecule has 2 aliphatic heterocycles. The maximum absolute atomic E-state index is 11.1. The Morgan fingerprint density at radius 1 is 1.45 bits per heavy atom. The summed E-state index contributed by atoms with van der Waals surface area (Å²) in [6.45, 7) is 0.799. The van der Waals surface area contributed by atoms with Crippen LogP contribution in [0.2, 0.25) is 0 Å². The maximum atomic E-state index is 11.1. The highest BCUT2D eigenvalue weighted by molar-refractivity contribution is 6.05. The summed E-state index contributed by atoms with van der Waals surface area (Å²) >= 11 is 0. The molecule has 3 fully saturated rings. The molecule has 3 amide bonds. The van der Waals surface area contributed by atoms with Crippen molar-refractivity contribution in [3.05, 3.63) is 0 Å². The molecule has 2 heterocycles. The van der Waals surface area contributed by atoms with Crippen molar-refractivity contribution in [2.45, 2.75) is 12.5 Å². The van der Waals surface area contributed by atoms with E-state index in [-0.39, 0.29) is 18.0 Å². The smallest absolute Gasteiger partial charge is 0.312 e. The molecule has 3 rings (SSSR count). The Labute approximate surface area is 63.5 Å². The van der Waals surface area contributed by atoms with E-state index in [9.17, 15) is 9.59 Å². The molecule has 0 aromatic heterocycles. The largest absolute Gasteiger partial charge is 0.324 e. The van der Waals surface area contributed by atoms with Crippen molar-refractivity contribution in [1.82, 2.24) is 10.2 Å². The third-order valence-electron chi connectivity index (χ3n) is 2.91. The summed E-state index contributed by atoms with van der Waals surface area (Å²) in [5, 5.41) is 2.32. The molecule has 0 spiro atoms. The van der Waals surface area contributed by atoms with Crippen LogP contribution in [0.4, 0.5) is 4.79 Å². The number of nitrogens with zero attached hydrogens (tertiary/aromatic N) is 1. The van der Waals surface area contributed by atoms with Crippen LogP contribution in [0.3, 0.4) is 0 Å². The number of piperidine rings is 1. The quantitative estimate of drug-likeness (QED) is 0.478. The molecule has 3 aliphatic rings. The Hall–Kier alpha value is -1.06. The molecule has 2 saturated heterocycles. The molecule has 3 atom stereocenters.